The molecule has 2 heterocycles. The molecule has 1 fully saturated rings. The number of nitrogens with zero attached hydrogens (tertiary/aromatic N) is 3. The third-order valence-corrected chi connectivity index (χ3v) is 3.78. The molecule has 0 atom stereocenters. The van der Waals surface area contributed by atoms with Crippen LogP contribution in [-0.2, 0) is 0 Å². The van der Waals surface area contributed by atoms with Crippen LogP contribution in [0.2, 0.25) is 0 Å². The SMILES string of the molecule is CCC1CCN(c2ccc(C(C)C)nn2)CC1. The molecule has 1 aromatic rings. The topological polar surface area (TPSA) is 29.0 Å². The Morgan fingerprint density at radius 3 is 2.41 bits per heavy atom. The summed E-state index contributed by atoms with van der Waals surface area (Å²) in [5.74, 6) is 2.42. The van der Waals surface area contributed by atoms with Crippen LogP contribution in [0.1, 0.15) is 51.6 Å². The maximum absolute atomic E-state index is 4.35. The molecule has 1 aliphatic rings. The molecule has 0 aliphatic carbocycles. The van der Waals surface area contributed by atoms with Crippen molar-refractivity contribution in [1.29, 1.82) is 0 Å². The smallest absolute Gasteiger partial charge is 0.151 e. The fourth-order valence-electron chi connectivity index (χ4n) is 2.38. The molecule has 0 unspecified atom stereocenters. The summed E-state index contributed by atoms with van der Waals surface area (Å²) in [6, 6.07) is 4.23. The van der Waals surface area contributed by atoms with Gasteiger partial charge in [-0.05, 0) is 36.8 Å². The molecule has 0 radical (unpaired) electrons. The zero-order valence-electron chi connectivity index (χ0n) is 11.2. The highest BCUT2D eigenvalue weighted by atomic mass is 15.3. The molecule has 0 spiro atoms. The van der Waals surface area contributed by atoms with E-state index >= 15 is 0 Å². The Morgan fingerprint density at radius 1 is 1.24 bits per heavy atom. The minimum atomic E-state index is 0.461. The quantitative estimate of drug-likeness (QED) is 0.802. The maximum Gasteiger partial charge on any atom is 0.151 e. The van der Waals surface area contributed by atoms with Gasteiger partial charge in [0.25, 0.3) is 0 Å². The van der Waals surface area contributed by atoms with Crippen LogP contribution in [0.25, 0.3) is 0 Å². The van der Waals surface area contributed by atoms with Gasteiger partial charge < -0.3 is 4.90 Å². The van der Waals surface area contributed by atoms with E-state index in [1.165, 1.54) is 19.3 Å². The Labute approximate surface area is 104 Å². The predicted molar refractivity (Wildman–Crippen MR) is 71.3 cm³/mol. The van der Waals surface area contributed by atoms with Crippen molar-refractivity contribution in [3.8, 4) is 0 Å². The third-order valence-electron chi connectivity index (χ3n) is 3.78. The van der Waals surface area contributed by atoms with Crippen LogP contribution in [0.3, 0.4) is 0 Å². The Morgan fingerprint density at radius 2 is 1.94 bits per heavy atom. The molecule has 2 rings (SSSR count). The summed E-state index contributed by atoms with van der Waals surface area (Å²) < 4.78 is 0. The number of hydrogen-bond acceptors (Lipinski definition) is 3. The molecule has 0 N–H and O–H groups in total. The van der Waals surface area contributed by atoms with E-state index in [9.17, 15) is 0 Å². The van der Waals surface area contributed by atoms with Crippen LogP contribution in [0.15, 0.2) is 12.1 Å². The van der Waals surface area contributed by atoms with Gasteiger partial charge in [-0.25, -0.2) is 0 Å². The normalized spacial score (nSPS) is 17.8. The van der Waals surface area contributed by atoms with Crippen molar-refractivity contribution in [2.24, 2.45) is 5.92 Å². The predicted octanol–water partition coefficient (Wildman–Crippen LogP) is 3.23. The van der Waals surface area contributed by atoms with Crippen LogP contribution in [-0.4, -0.2) is 23.3 Å². The Kier molecular flexibility index (Phi) is 3.97. The van der Waals surface area contributed by atoms with Gasteiger partial charge in [0.05, 0.1) is 5.69 Å². The summed E-state index contributed by atoms with van der Waals surface area (Å²) in [4.78, 5) is 2.36. The van der Waals surface area contributed by atoms with Crippen molar-refractivity contribution in [1.82, 2.24) is 10.2 Å². The van der Waals surface area contributed by atoms with Crippen molar-refractivity contribution in [2.75, 3.05) is 18.0 Å². The van der Waals surface area contributed by atoms with Gasteiger partial charge in [-0.3, -0.25) is 0 Å². The molecule has 94 valence electrons. The standard InChI is InChI=1S/C14H23N3/c1-4-12-7-9-17(10-8-12)14-6-5-13(11(2)3)15-16-14/h5-6,11-12H,4,7-10H2,1-3H3. The molecule has 0 saturated carbocycles. The Bertz CT molecular complexity index is 337. The highest BCUT2D eigenvalue weighted by Gasteiger charge is 2.19. The Balaban J connectivity index is 1.99. The van der Waals surface area contributed by atoms with Crippen LogP contribution < -0.4 is 4.90 Å². The summed E-state index contributed by atoms with van der Waals surface area (Å²) >= 11 is 0. The van der Waals surface area contributed by atoms with Crippen molar-refractivity contribution in [3.05, 3.63) is 17.8 Å². The van der Waals surface area contributed by atoms with Crippen molar-refractivity contribution in [2.45, 2.75) is 46.0 Å². The largest absolute Gasteiger partial charge is 0.355 e. The van der Waals surface area contributed by atoms with E-state index in [4.69, 9.17) is 0 Å². The van der Waals surface area contributed by atoms with Crippen molar-refractivity contribution < 1.29 is 0 Å². The molecule has 0 bridgehead atoms. The molecule has 3 nitrogen and oxygen atoms in total. The number of rotatable bonds is 3. The number of anilines is 1. The molecule has 0 amide bonds. The van der Waals surface area contributed by atoms with Crippen molar-refractivity contribution in [3.63, 3.8) is 0 Å². The molecule has 0 aromatic carbocycles. The van der Waals surface area contributed by atoms with Gasteiger partial charge in [0, 0.05) is 13.1 Å². The second kappa shape index (κ2) is 5.48. The zero-order chi connectivity index (χ0) is 12.3. The second-order valence-corrected chi connectivity index (χ2v) is 5.31. The van der Waals surface area contributed by atoms with Gasteiger partial charge in [-0.1, -0.05) is 27.2 Å². The maximum atomic E-state index is 4.35. The van der Waals surface area contributed by atoms with Gasteiger partial charge in [-0.15, -0.1) is 5.10 Å². The van der Waals surface area contributed by atoms with E-state index in [-0.39, 0.29) is 0 Å². The van der Waals surface area contributed by atoms with Gasteiger partial charge in [0.1, 0.15) is 0 Å². The number of aromatic nitrogens is 2. The summed E-state index contributed by atoms with van der Waals surface area (Å²) in [5, 5.41) is 8.65. The van der Waals surface area contributed by atoms with E-state index in [0.29, 0.717) is 5.92 Å². The first kappa shape index (κ1) is 12.3. The van der Waals surface area contributed by atoms with Gasteiger partial charge in [0.2, 0.25) is 0 Å². The van der Waals surface area contributed by atoms with Crippen LogP contribution in [0.4, 0.5) is 5.82 Å². The molecular weight excluding hydrogens is 210 g/mol. The second-order valence-electron chi connectivity index (χ2n) is 5.31. The first-order valence-corrected chi connectivity index (χ1v) is 6.79. The fourth-order valence-corrected chi connectivity index (χ4v) is 2.38. The first-order chi connectivity index (χ1) is 8.20. The highest BCUT2D eigenvalue weighted by molar-refractivity contribution is 5.38. The molecule has 1 saturated heterocycles. The minimum Gasteiger partial charge on any atom is -0.355 e. The minimum absolute atomic E-state index is 0.461. The van der Waals surface area contributed by atoms with E-state index < -0.39 is 0 Å². The average molecular weight is 233 g/mol. The number of piperidine rings is 1. The lowest BCUT2D eigenvalue weighted by molar-refractivity contribution is 0.393. The lowest BCUT2D eigenvalue weighted by Gasteiger charge is -2.32. The fraction of sp³-hybridized carbons (Fsp3) is 0.714. The van der Waals surface area contributed by atoms with Crippen LogP contribution >= 0.6 is 0 Å². The summed E-state index contributed by atoms with van der Waals surface area (Å²) in [7, 11) is 0. The Hall–Kier alpha value is -1.12. The summed E-state index contributed by atoms with van der Waals surface area (Å²) in [6.07, 6.45) is 3.90. The zero-order valence-corrected chi connectivity index (χ0v) is 11.2. The summed E-state index contributed by atoms with van der Waals surface area (Å²) in [6.45, 7) is 8.85. The molecule has 17 heavy (non-hydrogen) atoms. The first-order valence-electron chi connectivity index (χ1n) is 6.79. The average Bonchev–Trinajstić information content (AvgIpc) is 2.39. The van der Waals surface area contributed by atoms with Crippen LogP contribution in [0.5, 0.6) is 0 Å². The van der Waals surface area contributed by atoms with Crippen molar-refractivity contribution >= 4 is 5.82 Å². The van der Waals surface area contributed by atoms with E-state index in [1.54, 1.807) is 0 Å². The van der Waals surface area contributed by atoms with E-state index in [0.717, 1.165) is 30.5 Å². The lowest BCUT2D eigenvalue weighted by Crippen LogP contribution is -2.34. The lowest BCUT2D eigenvalue weighted by atomic mass is 9.94. The highest BCUT2D eigenvalue weighted by Crippen LogP contribution is 2.23. The van der Waals surface area contributed by atoms with Gasteiger partial charge in [-0.2, -0.15) is 5.10 Å². The molecule has 1 aliphatic heterocycles. The third kappa shape index (κ3) is 2.96. The summed E-state index contributed by atoms with van der Waals surface area (Å²) in [5.41, 5.74) is 1.08. The van der Waals surface area contributed by atoms with Crippen LogP contribution in [0, 0.1) is 5.92 Å². The molecule has 1 aromatic heterocycles. The van der Waals surface area contributed by atoms with E-state index in [1.807, 2.05) is 0 Å². The van der Waals surface area contributed by atoms with Gasteiger partial charge in [0.15, 0.2) is 5.82 Å². The monoisotopic (exact) mass is 233 g/mol. The number of hydrogen-bond donors (Lipinski definition) is 0. The molecular formula is C14H23N3. The van der Waals surface area contributed by atoms with E-state index in [2.05, 4.69) is 48.0 Å². The molecule has 3 heteroatoms. The van der Waals surface area contributed by atoms with Gasteiger partial charge >= 0.3 is 0 Å².